The summed E-state index contributed by atoms with van der Waals surface area (Å²) in [6.07, 6.45) is 0.674. The van der Waals surface area contributed by atoms with Crippen LogP contribution in [0.3, 0.4) is 0 Å². The van der Waals surface area contributed by atoms with Gasteiger partial charge in [-0.25, -0.2) is 8.78 Å². The minimum Gasteiger partial charge on any atom is -0.383 e. The number of hydrogen-bond donors (Lipinski definition) is 1. The molecule has 0 aliphatic rings. The molecule has 1 aromatic carbocycles. The fraction of sp³-hybridized carbons (Fsp3) is 0.429. The summed E-state index contributed by atoms with van der Waals surface area (Å²) in [6.45, 7) is 0.515. The first-order valence-electron chi connectivity index (χ1n) is 6.54. The van der Waals surface area contributed by atoms with Crippen molar-refractivity contribution >= 4 is 0 Å². The number of aromatic nitrogens is 2. The fourth-order valence-corrected chi connectivity index (χ4v) is 1.94. The van der Waals surface area contributed by atoms with Gasteiger partial charge in [0.1, 0.15) is 11.6 Å². The second-order valence-electron chi connectivity index (χ2n) is 4.66. The Hall–Kier alpha value is -1.86. The molecule has 0 aliphatic heterocycles. The van der Waals surface area contributed by atoms with Crippen LogP contribution in [0.2, 0.25) is 0 Å². The first-order valence-corrected chi connectivity index (χ1v) is 6.54. The highest BCUT2D eigenvalue weighted by Crippen LogP contribution is 2.13. The Labute approximate surface area is 121 Å². The Morgan fingerprint density at radius 2 is 2.19 bits per heavy atom. The summed E-state index contributed by atoms with van der Waals surface area (Å²) in [5.74, 6) is -0.415. The standard InChI is InChI=1S/C14H17F2N3O2/c1-17-11(8-20-2)7-14-18-13(19-21-14)5-9-3-4-10(15)6-12(9)16/h3-4,6,11,17H,5,7-8H2,1-2H3. The van der Waals surface area contributed by atoms with E-state index in [9.17, 15) is 8.78 Å². The first-order chi connectivity index (χ1) is 10.1. The van der Waals surface area contributed by atoms with E-state index in [1.165, 1.54) is 12.1 Å². The third-order valence-electron chi connectivity index (χ3n) is 3.07. The van der Waals surface area contributed by atoms with E-state index in [0.717, 1.165) is 6.07 Å². The Kier molecular flexibility index (Phi) is 5.35. The van der Waals surface area contributed by atoms with Crippen LogP contribution >= 0.6 is 0 Å². The average Bonchev–Trinajstić information content (AvgIpc) is 2.89. The first kappa shape index (κ1) is 15.5. The van der Waals surface area contributed by atoms with Gasteiger partial charge in [-0.05, 0) is 18.7 Å². The molecule has 2 aromatic rings. The number of benzene rings is 1. The summed E-state index contributed by atoms with van der Waals surface area (Å²) in [6, 6.07) is 3.48. The van der Waals surface area contributed by atoms with E-state index < -0.39 is 11.6 Å². The van der Waals surface area contributed by atoms with E-state index in [0.29, 0.717) is 30.3 Å². The molecule has 0 amide bonds. The van der Waals surface area contributed by atoms with Crippen molar-refractivity contribution in [2.24, 2.45) is 0 Å². The second-order valence-corrected chi connectivity index (χ2v) is 4.66. The largest absolute Gasteiger partial charge is 0.383 e. The van der Waals surface area contributed by atoms with Gasteiger partial charge in [0.05, 0.1) is 6.61 Å². The maximum absolute atomic E-state index is 13.6. The molecule has 2 rings (SSSR count). The molecule has 1 N–H and O–H groups in total. The topological polar surface area (TPSA) is 60.2 Å². The molecule has 0 saturated heterocycles. The van der Waals surface area contributed by atoms with Gasteiger partial charge < -0.3 is 14.6 Å². The van der Waals surface area contributed by atoms with Crippen molar-refractivity contribution in [1.82, 2.24) is 15.5 Å². The molecule has 0 bridgehead atoms. The second kappa shape index (κ2) is 7.24. The summed E-state index contributed by atoms with van der Waals surface area (Å²) in [5.41, 5.74) is 0.325. The molecule has 1 atom stereocenters. The Morgan fingerprint density at radius 3 is 2.86 bits per heavy atom. The lowest BCUT2D eigenvalue weighted by atomic mass is 10.1. The molecule has 114 valence electrons. The summed E-state index contributed by atoms with van der Waals surface area (Å²) in [7, 11) is 3.43. The van der Waals surface area contributed by atoms with Gasteiger partial charge in [0, 0.05) is 32.1 Å². The van der Waals surface area contributed by atoms with E-state index in [4.69, 9.17) is 9.26 Å². The number of rotatable bonds is 7. The van der Waals surface area contributed by atoms with Gasteiger partial charge in [0.25, 0.3) is 0 Å². The number of nitrogens with one attached hydrogen (secondary N) is 1. The SMILES string of the molecule is CNC(COC)Cc1nc(Cc2ccc(F)cc2F)no1. The minimum atomic E-state index is -0.617. The zero-order valence-electron chi connectivity index (χ0n) is 11.9. The van der Waals surface area contributed by atoms with Crippen LogP contribution < -0.4 is 5.32 Å². The summed E-state index contributed by atoms with van der Waals surface area (Å²) in [5, 5.41) is 6.88. The fourth-order valence-electron chi connectivity index (χ4n) is 1.94. The van der Waals surface area contributed by atoms with Gasteiger partial charge in [-0.2, -0.15) is 4.98 Å². The molecule has 21 heavy (non-hydrogen) atoms. The van der Waals surface area contributed by atoms with Crippen molar-refractivity contribution in [3.8, 4) is 0 Å². The number of nitrogens with zero attached hydrogens (tertiary/aromatic N) is 2. The van der Waals surface area contributed by atoms with Crippen molar-refractivity contribution in [3.05, 3.63) is 47.1 Å². The summed E-state index contributed by atoms with van der Waals surface area (Å²) in [4.78, 5) is 4.21. The number of halogens is 2. The van der Waals surface area contributed by atoms with Crippen molar-refractivity contribution in [1.29, 1.82) is 0 Å². The van der Waals surface area contributed by atoms with Crippen LogP contribution in [0.15, 0.2) is 22.7 Å². The van der Waals surface area contributed by atoms with Crippen LogP contribution in [0.5, 0.6) is 0 Å². The van der Waals surface area contributed by atoms with Crippen LogP contribution in [-0.2, 0) is 17.6 Å². The zero-order chi connectivity index (χ0) is 15.2. The van der Waals surface area contributed by atoms with Gasteiger partial charge in [-0.3, -0.25) is 0 Å². The lowest BCUT2D eigenvalue weighted by Gasteiger charge is -2.11. The van der Waals surface area contributed by atoms with Crippen LogP contribution in [-0.4, -0.2) is 36.9 Å². The van der Waals surface area contributed by atoms with E-state index >= 15 is 0 Å². The number of methoxy groups -OCH3 is 1. The van der Waals surface area contributed by atoms with E-state index in [1.807, 2.05) is 7.05 Å². The minimum absolute atomic E-state index is 0.0610. The van der Waals surface area contributed by atoms with Crippen molar-refractivity contribution < 1.29 is 18.0 Å². The normalized spacial score (nSPS) is 12.6. The van der Waals surface area contributed by atoms with Gasteiger partial charge in [-0.1, -0.05) is 11.2 Å². The van der Waals surface area contributed by atoms with Crippen molar-refractivity contribution in [2.75, 3.05) is 20.8 Å². The molecule has 1 aromatic heterocycles. The van der Waals surface area contributed by atoms with E-state index in [-0.39, 0.29) is 12.5 Å². The Balaban J connectivity index is 2.02. The number of ether oxygens (including phenoxy) is 1. The molecular formula is C14H17F2N3O2. The molecule has 1 unspecified atom stereocenters. The third kappa shape index (κ3) is 4.30. The maximum atomic E-state index is 13.6. The average molecular weight is 297 g/mol. The van der Waals surface area contributed by atoms with Crippen LogP contribution in [0.4, 0.5) is 8.78 Å². The summed E-state index contributed by atoms with van der Waals surface area (Å²) >= 11 is 0. The summed E-state index contributed by atoms with van der Waals surface area (Å²) < 4.78 is 36.6. The highest BCUT2D eigenvalue weighted by Gasteiger charge is 2.14. The monoisotopic (exact) mass is 297 g/mol. The molecule has 0 aliphatic carbocycles. The predicted octanol–water partition coefficient (Wildman–Crippen LogP) is 1.72. The van der Waals surface area contributed by atoms with Gasteiger partial charge in [0.2, 0.25) is 5.89 Å². The van der Waals surface area contributed by atoms with Gasteiger partial charge in [0.15, 0.2) is 5.82 Å². The highest BCUT2D eigenvalue weighted by molar-refractivity contribution is 5.21. The lowest BCUT2D eigenvalue weighted by molar-refractivity contribution is 0.165. The molecule has 5 nitrogen and oxygen atoms in total. The van der Waals surface area contributed by atoms with Crippen LogP contribution in [0.25, 0.3) is 0 Å². The predicted molar refractivity (Wildman–Crippen MR) is 71.9 cm³/mol. The number of hydrogen-bond acceptors (Lipinski definition) is 5. The number of likely N-dealkylation sites (N-methyl/N-ethyl adjacent to an activating group) is 1. The van der Waals surface area contributed by atoms with Crippen molar-refractivity contribution in [2.45, 2.75) is 18.9 Å². The van der Waals surface area contributed by atoms with Gasteiger partial charge in [-0.15, -0.1) is 0 Å². The van der Waals surface area contributed by atoms with E-state index in [1.54, 1.807) is 7.11 Å². The molecular weight excluding hydrogens is 280 g/mol. The maximum Gasteiger partial charge on any atom is 0.228 e. The zero-order valence-corrected chi connectivity index (χ0v) is 11.9. The van der Waals surface area contributed by atoms with E-state index in [2.05, 4.69) is 15.5 Å². The molecule has 0 fully saturated rings. The lowest BCUT2D eigenvalue weighted by Crippen LogP contribution is -2.32. The molecule has 7 heteroatoms. The van der Waals surface area contributed by atoms with Crippen molar-refractivity contribution in [3.63, 3.8) is 0 Å². The van der Waals surface area contributed by atoms with Crippen LogP contribution in [0.1, 0.15) is 17.3 Å². The Morgan fingerprint density at radius 1 is 1.38 bits per heavy atom. The Bertz CT molecular complexity index is 589. The van der Waals surface area contributed by atoms with Gasteiger partial charge >= 0.3 is 0 Å². The molecule has 0 spiro atoms. The highest BCUT2D eigenvalue weighted by atomic mass is 19.1. The molecule has 0 radical (unpaired) electrons. The van der Waals surface area contributed by atoms with Crippen LogP contribution in [0, 0.1) is 11.6 Å². The molecule has 1 heterocycles. The quantitative estimate of drug-likeness (QED) is 0.843. The molecule has 0 saturated carbocycles. The smallest absolute Gasteiger partial charge is 0.228 e. The third-order valence-corrected chi connectivity index (χ3v) is 3.07.